The van der Waals surface area contributed by atoms with Gasteiger partial charge in [0, 0.05) is 10.8 Å². The van der Waals surface area contributed by atoms with Crippen molar-refractivity contribution < 1.29 is 4.79 Å². The fraction of sp³-hybridized carbons (Fsp3) is 0.667. The van der Waals surface area contributed by atoms with Gasteiger partial charge in [-0.05, 0) is 39.5 Å². The third kappa shape index (κ3) is 2.45. The fourth-order valence-corrected chi connectivity index (χ4v) is 3.05. The van der Waals surface area contributed by atoms with Crippen molar-refractivity contribution >= 4 is 5.78 Å². The maximum Gasteiger partial charge on any atom is 0.145 e. The molecular weight excluding hydrogens is 196 g/mol. The third-order valence-corrected chi connectivity index (χ3v) is 3.61. The van der Waals surface area contributed by atoms with Crippen LogP contribution in [-0.4, -0.2) is 5.78 Å². The van der Waals surface area contributed by atoms with E-state index in [1.807, 2.05) is 13.8 Å². The number of carbonyl (C=O) groups is 1. The van der Waals surface area contributed by atoms with Gasteiger partial charge in [0.05, 0.1) is 0 Å². The van der Waals surface area contributed by atoms with Crippen molar-refractivity contribution in [1.29, 1.82) is 0 Å². The molecule has 1 fully saturated rings. The Kier molecular flexibility index (Phi) is 3.47. The van der Waals surface area contributed by atoms with Crippen molar-refractivity contribution in [1.82, 2.24) is 0 Å². The van der Waals surface area contributed by atoms with Gasteiger partial charge < -0.3 is 0 Å². The van der Waals surface area contributed by atoms with E-state index in [4.69, 9.17) is 0 Å². The first-order valence-corrected chi connectivity index (χ1v) is 6.03. The van der Waals surface area contributed by atoms with Crippen molar-refractivity contribution in [3.05, 3.63) is 24.3 Å². The normalized spacial score (nSPS) is 22.1. The minimum Gasteiger partial charge on any atom is -0.298 e. The number of ketones is 1. The number of Topliss-reactive ketones (excluding diaryl/α,β-unsaturated/α-hetero) is 1. The molecule has 0 radical (unpaired) electrons. The van der Waals surface area contributed by atoms with E-state index < -0.39 is 0 Å². The molecule has 90 valence electrons. The Morgan fingerprint density at radius 3 is 1.81 bits per heavy atom. The van der Waals surface area contributed by atoms with Crippen LogP contribution in [0.25, 0.3) is 0 Å². The van der Waals surface area contributed by atoms with Crippen molar-refractivity contribution in [3.63, 3.8) is 0 Å². The lowest BCUT2D eigenvalue weighted by atomic mass is 9.72. The molecule has 1 aliphatic rings. The van der Waals surface area contributed by atoms with Crippen molar-refractivity contribution in [3.8, 4) is 0 Å². The molecule has 1 heteroatoms. The lowest BCUT2D eigenvalue weighted by molar-refractivity contribution is -0.132. The SMILES string of the molecule is C=C(C)CC1(CC(=C)C)CCC(C)(C)C1=O. The second kappa shape index (κ2) is 4.20. The van der Waals surface area contributed by atoms with Crippen LogP contribution in [0.15, 0.2) is 24.3 Å². The van der Waals surface area contributed by atoms with Crippen LogP contribution in [0, 0.1) is 10.8 Å². The molecule has 0 heterocycles. The lowest BCUT2D eigenvalue weighted by Gasteiger charge is -2.30. The Morgan fingerprint density at radius 1 is 1.12 bits per heavy atom. The van der Waals surface area contributed by atoms with E-state index in [0.717, 1.165) is 36.8 Å². The van der Waals surface area contributed by atoms with Crippen LogP contribution >= 0.6 is 0 Å². The van der Waals surface area contributed by atoms with E-state index in [-0.39, 0.29) is 10.8 Å². The van der Waals surface area contributed by atoms with Crippen LogP contribution in [0.3, 0.4) is 0 Å². The molecule has 1 saturated carbocycles. The van der Waals surface area contributed by atoms with Gasteiger partial charge in [0.15, 0.2) is 0 Å². The van der Waals surface area contributed by atoms with Crippen molar-refractivity contribution in [2.75, 3.05) is 0 Å². The maximum atomic E-state index is 12.5. The summed E-state index contributed by atoms with van der Waals surface area (Å²) in [6.07, 6.45) is 3.62. The van der Waals surface area contributed by atoms with Crippen LogP contribution in [0.2, 0.25) is 0 Å². The summed E-state index contributed by atoms with van der Waals surface area (Å²) in [5, 5.41) is 0. The molecule has 0 saturated heterocycles. The van der Waals surface area contributed by atoms with Crippen LogP contribution < -0.4 is 0 Å². The molecule has 0 unspecified atom stereocenters. The van der Waals surface area contributed by atoms with Crippen LogP contribution in [-0.2, 0) is 4.79 Å². The second-order valence-corrected chi connectivity index (χ2v) is 6.26. The van der Waals surface area contributed by atoms with E-state index in [0.29, 0.717) is 5.78 Å². The summed E-state index contributed by atoms with van der Waals surface area (Å²) in [6, 6.07) is 0. The Labute approximate surface area is 99.6 Å². The first-order chi connectivity index (χ1) is 7.19. The maximum absolute atomic E-state index is 12.5. The summed E-state index contributed by atoms with van der Waals surface area (Å²) in [7, 11) is 0. The summed E-state index contributed by atoms with van der Waals surface area (Å²) in [5.41, 5.74) is 1.84. The predicted octanol–water partition coefficient (Wildman–Crippen LogP) is 4.29. The van der Waals surface area contributed by atoms with Gasteiger partial charge in [-0.1, -0.05) is 25.0 Å². The highest BCUT2D eigenvalue weighted by Crippen LogP contribution is 2.51. The molecule has 0 N–H and O–H groups in total. The van der Waals surface area contributed by atoms with E-state index in [9.17, 15) is 4.79 Å². The lowest BCUT2D eigenvalue weighted by Crippen LogP contribution is -2.32. The van der Waals surface area contributed by atoms with Gasteiger partial charge in [0.2, 0.25) is 0 Å². The van der Waals surface area contributed by atoms with Gasteiger partial charge >= 0.3 is 0 Å². The fourth-order valence-electron chi connectivity index (χ4n) is 3.05. The molecule has 0 aromatic carbocycles. The first kappa shape index (κ1) is 13.2. The molecule has 0 bridgehead atoms. The summed E-state index contributed by atoms with van der Waals surface area (Å²) < 4.78 is 0. The van der Waals surface area contributed by atoms with Gasteiger partial charge in [-0.3, -0.25) is 4.79 Å². The van der Waals surface area contributed by atoms with Gasteiger partial charge in [0.1, 0.15) is 5.78 Å². The Morgan fingerprint density at radius 2 is 1.56 bits per heavy atom. The Balaban J connectivity index is 3.02. The summed E-state index contributed by atoms with van der Waals surface area (Å²) in [5.74, 6) is 0.408. The topological polar surface area (TPSA) is 17.1 Å². The average molecular weight is 220 g/mol. The highest BCUT2D eigenvalue weighted by molar-refractivity contribution is 5.92. The zero-order chi connectivity index (χ0) is 12.6. The van der Waals surface area contributed by atoms with E-state index in [1.165, 1.54) is 0 Å². The first-order valence-electron chi connectivity index (χ1n) is 6.03. The van der Waals surface area contributed by atoms with E-state index in [1.54, 1.807) is 0 Å². The molecule has 1 nitrogen and oxygen atoms in total. The van der Waals surface area contributed by atoms with Crippen molar-refractivity contribution in [2.45, 2.75) is 53.4 Å². The molecule has 0 aromatic heterocycles. The third-order valence-electron chi connectivity index (χ3n) is 3.61. The molecule has 1 aliphatic carbocycles. The quantitative estimate of drug-likeness (QED) is 0.646. The number of rotatable bonds is 4. The highest BCUT2D eigenvalue weighted by atomic mass is 16.1. The zero-order valence-corrected chi connectivity index (χ0v) is 11.2. The summed E-state index contributed by atoms with van der Waals surface area (Å²) in [4.78, 5) is 12.5. The minimum atomic E-state index is -0.207. The monoisotopic (exact) mass is 220 g/mol. The van der Waals surface area contributed by atoms with Crippen LogP contribution in [0.5, 0.6) is 0 Å². The summed E-state index contributed by atoms with van der Waals surface area (Å²) in [6.45, 7) is 16.1. The molecular formula is C15H24O. The minimum absolute atomic E-state index is 0.162. The standard InChI is InChI=1S/C15H24O/c1-11(2)9-15(10-12(3)4)8-7-14(5,6)13(15)16/h1,3,7-10H2,2,4-6H3. The highest BCUT2D eigenvalue weighted by Gasteiger charge is 2.51. The van der Waals surface area contributed by atoms with Crippen molar-refractivity contribution in [2.24, 2.45) is 10.8 Å². The molecule has 0 aliphatic heterocycles. The second-order valence-electron chi connectivity index (χ2n) is 6.26. The number of hydrogen-bond donors (Lipinski definition) is 0. The number of hydrogen-bond acceptors (Lipinski definition) is 1. The van der Waals surface area contributed by atoms with Gasteiger partial charge in [-0.15, -0.1) is 13.2 Å². The number of carbonyl (C=O) groups excluding carboxylic acids is 1. The zero-order valence-electron chi connectivity index (χ0n) is 11.2. The van der Waals surface area contributed by atoms with Gasteiger partial charge in [-0.2, -0.15) is 0 Å². The van der Waals surface area contributed by atoms with E-state index in [2.05, 4.69) is 27.0 Å². The van der Waals surface area contributed by atoms with E-state index >= 15 is 0 Å². The molecule has 0 aromatic rings. The largest absolute Gasteiger partial charge is 0.298 e. The molecule has 0 spiro atoms. The molecule has 0 atom stereocenters. The Bertz CT molecular complexity index is 317. The predicted molar refractivity (Wildman–Crippen MR) is 69.3 cm³/mol. The number of allylic oxidation sites excluding steroid dienone is 2. The van der Waals surface area contributed by atoms with Crippen LogP contribution in [0.4, 0.5) is 0 Å². The summed E-state index contributed by atoms with van der Waals surface area (Å²) >= 11 is 0. The van der Waals surface area contributed by atoms with Gasteiger partial charge in [0.25, 0.3) is 0 Å². The van der Waals surface area contributed by atoms with Crippen LogP contribution in [0.1, 0.15) is 53.4 Å². The smallest absolute Gasteiger partial charge is 0.145 e. The molecule has 0 amide bonds. The molecule has 16 heavy (non-hydrogen) atoms. The van der Waals surface area contributed by atoms with Gasteiger partial charge in [-0.25, -0.2) is 0 Å². The molecule has 1 rings (SSSR count). The average Bonchev–Trinajstić information content (AvgIpc) is 2.29. The Hall–Kier alpha value is -0.850.